The number of nitrogen functional groups attached to an aromatic ring is 1. The molecule has 1 aliphatic carbocycles. The number of rotatable bonds is 6. The van der Waals surface area contributed by atoms with E-state index in [2.05, 4.69) is 9.88 Å². The number of hydrogen-bond donors (Lipinski definition) is 2. The van der Waals surface area contributed by atoms with E-state index in [0.717, 1.165) is 43.5 Å². The number of methoxy groups -OCH3 is 1. The van der Waals surface area contributed by atoms with Crippen LogP contribution < -0.4 is 21.7 Å². The van der Waals surface area contributed by atoms with Gasteiger partial charge in [-0.3, -0.25) is 24.0 Å². The lowest BCUT2D eigenvalue weighted by Gasteiger charge is -2.24. The molecule has 1 aromatic heterocycles. The maximum Gasteiger partial charge on any atom is 0.330 e. The summed E-state index contributed by atoms with van der Waals surface area (Å²) in [6, 6.07) is 7.86. The van der Waals surface area contributed by atoms with Gasteiger partial charge in [0.1, 0.15) is 17.1 Å². The summed E-state index contributed by atoms with van der Waals surface area (Å²) in [5.74, 6) is 0.397. The molecule has 8 heteroatoms. The van der Waals surface area contributed by atoms with E-state index in [-0.39, 0.29) is 35.8 Å². The van der Waals surface area contributed by atoms with Gasteiger partial charge in [0, 0.05) is 12.1 Å². The molecular weight excluding hydrogens is 360 g/mol. The number of anilines is 1. The fourth-order valence-corrected chi connectivity index (χ4v) is 4.04. The van der Waals surface area contributed by atoms with Gasteiger partial charge in [-0.1, -0.05) is 12.1 Å². The minimum Gasteiger partial charge on any atom is -0.497 e. The molecule has 1 saturated carbocycles. The topological polar surface area (TPSA) is 110 Å². The highest BCUT2D eigenvalue weighted by Crippen LogP contribution is 2.36. The summed E-state index contributed by atoms with van der Waals surface area (Å²) in [6.07, 6.45) is 3.54. The summed E-state index contributed by atoms with van der Waals surface area (Å²) in [4.78, 5) is 41.6. The Morgan fingerprint density at radius 1 is 1.29 bits per heavy atom. The first kappa shape index (κ1) is 18.5. The van der Waals surface area contributed by atoms with Crippen LogP contribution in [0.5, 0.6) is 5.75 Å². The van der Waals surface area contributed by atoms with Crippen molar-refractivity contribution in [2.45, 2.75) is 37.8 Å². The minimum atomic E-state index is -0.707. The standard InChI is InChI=1S/C20H24N4O4/c1-28-14-5-2-4-12(10-14)15-6-3-9-23(15)11-16(25)17-18(21)24(13-7-8-13)20(27)22-19(17)26/h2,4-5,10,13,15H,3,6-9,11,21H2,1H3,(H,22,26,27)/t15-/m1/s1. The predicted octanol–water partition coefficient (Wildman–Crippen LogP) is 1.48. The Labute approximate surface area is 161 Å². The number of likely N-dealkylation sites (tertiary alicyclic amines) is 1. The average Bonchev–Trinajstić information content (AvgIpc) is 3.39. The minimum absolute atomic E-state index is 0.0154. The summed E-state index contributed by atoms with van der Waals surface area (Å²) >= 11 is 0. The molecule has 3 N–H and O–H groups in total. The van der Waals surface area contributed by atoms with Gasteiger partial charge < -0.3 is 10.5 Å². The van der Waals surface area contributed by atoms with Gasteiger partial charge in [0.25, 0.3) is 5.56 Å². The van der Waals surface area contributed by atoms with Gasteiger partial charge in [0.2, 0.25) is 0 Å². The zero-order chi connectivity index (χ0) is 19.8. The fourth-order valence-electron chi connectivity index (χ4n) is 4.04. The first-order valence-corrected chi connectivity index (χ1v) is 9.55. The predicted molar refractivity (Wildman–Crippen MR) is 105 cm³/mol. The highest BCUT2D eigenvalue weighted by Gasteiger charge is 2.32. The second-order valence-electron chi connectivity index (χ2n) is 7.45. The third-order valence-corrected chi connectivity index (χ3v) is 5.56. The molecule has 1 atom stereocenters. The number of nitrogens with zero attached hydrogens (tertiary/aromatic N) is 2. The second-order valence-corrected chi connectivity index (χ2v) is 7.45. The lowest BCUT2D eigenvalue weighted by atomic mass is 10.0. The van der Waals surface area contributed by atoms with Crippen molar-refractivity contribution in [3.63, 3.8) is 0 Å². The first-order chi connectivity index (χ1) is 13.5. The molecule has 4 rings (SSSR count). The van der Waals surface area contributed by atoms with Crippen LogP contribution in [0.15, 0.2) is 33.9 Å². The number of carbonyl (C=O) groups is 1. The number of nitrogens with one attached hydrogen (secondary N) is 1. The molecule has 2 aliphatic rings. The van der Waals surface area contributed by atoms with E-state index in [0.29, 0.717) is 0 Å². The molecule has 0 unspecified atom stereocenters. The fraction of sp³-hybridized carbons (Fsp3) is 0.450. The van der Waals surface area contributed by atoms with Crippen LogP contribution in [0.3, 0.4) is 0 Å². The van der Waals surface area contributed by atoms with Crippen LogP contribution in [0.2, 0.25) is 0 Å². The van der Waals surface area contributed by atoms with Crippen LogP contribution in [0, 0.1) is 0 Å². The molecule has 0 bridgehead atoms. The summed E-state index contributed by atoms with van der Waals surface area (Å²) in [7, 11) is 1.62. The Balaban J connectivity index is 1.60. The molecule has 2 fully saturated rings. The quantitative estimate of drug-likeness (QED) is 0.730. The van der Waals surface area contributed by atoms with Gasteiger partial charge in [0.15, 0.2) is 5.78 Å². The molecule has 1 aliphatic heterocycles. The van der Waals surface area contributed by atoms with Crippen molar-refractivity contribution in [1.82, 2.24) is 14.5 Å². The van der Waals surface area contributed by atoms with E-state index in [1.54, 1.807) is 7.11 Å². The van der Waals surface area contributed by atoms with E-state index in [1.165, 1.54) is 4.57 Å². The van der Waals surface area contributed by atoms with E-state index in [4.69, 9.17) is 10.5 Å². The Hall–Kier alpha value is -2.87. The Kier molecular flexibility index (Phi) is 4.80. The number of H-pyrrole nitrogens is 1. The van der Waals surface area contributed by atoms with Crippen molar-refractivity contribution < 1.29 is 9.53 Å². The van der Waals surface area contributed by atoms with E-state index in [9.17, 15) is 14.4 Å². The monoisotopic (exact) mass is 384 g/mol. The number of aromatic nitrogens is 2. The number of nitrogens with two attached hydrogens (primary N) is 1. The van der Waals surface area contributed by atoms with Crippen molar-refractivity contribution >= 4 is 11.6 Å². The smallest absolute Gasteiger partial charge is 0.330 e. The van der Waals surface area contributed by atoms with E-state index < -0.39 is 11.2 Å². The van der Waals surface area contributed by atoms with Crippen LogP contribution in [0.4, 0.5) is 5.82 Å². The SMILES string of the molecule is COc1cccc([C@H]2CCCN2CC(=O)c2c(N)n(C3CC3)c(=O)[nH]c2=O)c1. The van der Waals surface area contributed by atoms with Gasteiger partial charge >= 0.3 is 5.69 Å². The molecule has 8 nitrogen and oxygen atoms in total. The molecule has 1 saturated heterocycles. The zero-order valence-electron chi connectivity index (χ0n) is 15.8. The molecular formula is C20H24N4O4. The maximum atomic E-state index is 13.0. The van der Waals surface area contributed by atoms with Gasteiger partial charge in [-0.25, -0.2) is 4.79 Å². The van der Waals surface area contributed by atoms with Gasteiger partial charge in [-0.15, -0.1) is 0 Å². The van der Waals surface area contributed by atoms with E-state index >= 15 is 0 Å². The number of hydrogen-bond acceptors (Lipinski definition) is 6. The average molecular weight is 384 g/mol. The normalized spacial score (nSPS) is 19.7. The third-order valence-electron chi connectivity index (χ3n) is 5.56. The third kappa shape index (κ3) is 3.35. The van der Waals surface area contributed by atoms with Crippen molar-refractivity contribution in [2.75, 3.05) is 25.9 Å². The van der Waals surface area contributed by atoms with Crippen molar-refractivity contribution in [2.24, 2.45) is 0 Å². The maximum absolute atomic E-state index is 13.0. The van der Waals surface area contributed by atoms with Crippen LogP contribution >= 0.6 is 0 Å². The van der Waals surface area contributed by atoms with Crippen LogP contribution in [0.25, 0.3) is 0 Å². The highest BCUT2D eigenvalue weighted by atomic mass is 16.5. The first-order valence-electron chi connectivity index (χ1n) is 9.55. The largest absolute Gasteiger partial charge is 0.497 e. The Bertz CT molecular complexity index is 1020. The number of aromatic amines is 1. The molecule has 0 spiro atoms. The van der Waals surface area contributed by atoms with Crippen molar-refractivity contribution in [3.8, 4) is 5.75 Å². The van der Waals surface area contributed by atoms with Crippen LogP contribution in [-0.4, -0.2) is 40.4 Å². The lowest BCUT2D eigenvalue weighted by molar-refractivity contribution is 0.0920. The molecule has 1 aromatic carbocycles. The molecule has 28 heavy (non-hydrogen) atoms. The summed E-state index contributed by atoms with van der Waals surface area (Å²) in [6.45, 7) is 0.839. The van der Waals surface area contributed by atoms with E-state index in [1.807, 2.05) is 24.3 Å². The summed E-state index contributed by atoms with van der Waals surface area (Å²) < 4.78 is 6.65. The van der Waals surface area contributed by atoms with Gasteiger partial charge in [0.05, 0.1) is 13.7 Å². The molecule has 0 amide bonds. The summed E-state index contributed by atoms with van der Waals surface area (Å²) in [5.41, 5.74) is 5.79. The number of benzene rings is 1. The van der Waals surface area contributed by atoms with Crippen LogP contribution in [0.1, 0.15) is 53.7 Å². The number of Topliss-reactive ketones (excluding diaryl/α,β-unsaturated/α-hetero) is 1. The Morgan fingerprint density at radius 2 is 2.07 bits per heavy atom. The van der Waals surface area contributed by atoms with Crippen molar-refractivity contribution in [1.29, 1.82) is 0 Å². The number of carbonyl (C=O) groups excluding carboxylic acids is 1. The second kappa shape index (κ2) is 7.27. The zero-order valence-corrected chi connectivity index (χ0v) is 15.8. The molecule has 2 aromatic rings. The molecule has 148 valence electrons. The number of ether oxygens (including phenoxy) is 1. The summed E-state index contributed by atoms with van der Waals surface area (Å²) in [5, 5.41) is 0. The van der Waals surface area contributed by atoms with Gasteiger partial charge in [-0.2, -0.15) is 0 Å². The van der Waals surface area contributed by atoms with Gasteiger partial charge in [-0.05, 0) is 49.9 Å². The van der Waals surface area contributed by atoms with Crippen molar-refractivity contribution in [3.05, 3.63) is 56.2 Å². The van der Waals surface area contributed by atoms with Crippen LogP contribution in [-0.2, 0) is 0 Å². The highest BCUT2D eigenvalue weighted by molar-refractivity contribution is 6.01. The molecule has 0 radical (unpaired) electrons. The lowest BCUT2D eigenvalue weighted by Crippen LogP contribution is -2.39. The number of ketones is 1. The Morgan fingerprint density at radius 3 is 2.79 bits per heavy atom. The molecule has 2 heterocycles.